The Labute approximate surface area is 152 Å². The summed E-state index contributed by atoms with van der Waals surface area (Å²) >= 11 is 0. The molecular weight excluding hydrogens is 320 g/mol. The first-order chi connectivity index (χ1) is 12.0. The first-order valence-electron chi connectivity index (χ1n) is 9.81. The molecular formula is C20H36O5. The molecule has 5 nitrogen and oxygen atoms in total. The van der Waals surface area contributed by atoms with Crippen LogP contribution in [0.4, 0.5) is 0 Å². The number of hydrogen-bond acceptors (Lipinski definition) is 4. The third kappa shape index (κ3) is 15.9. The number of aliphatic carboxylic acids is 1. The molecule has 0 aliphatic rings. The van der Waals surface area contributed by atoms with E-state index in [9.17, 15) is 14.7 Å². The van der Waals surface area contributed by atoms with Gasteiger partial charge in [-0.1, -0.05) is 71.6 Å². The third-order valence-electron chi connectivity index (χ3n) is 4.10. The lowest BCUT2D eigenvalue weighted by atomic mass is 10.1. The number of unbranched alkanes of at least 4 members (excludes halogenated alkanes) is 8. The standard InChI is InChI=1S/C20H36O5/c1-3-5-7-8-9-10-12-14-18(16-19(22)23)25-20(24)15-17(21)13-11-6-4-2/h16-17,21H,3-15H2,1-2H3,(H,22,23). The van der Waals surface area contributed by atoms with Crippen molar-refractivity contribution in [3.63, 3.8) is 0 Å². The number of carbonyl (C=O) groups is 2. The Bertz CT molecular complexity index is 390. The molecule has 0 fully saturated rings. The van der Waals surface area contributed by atoms with Gasteiger partial charge in [0.25, 0.3) is 0 Å². The van der Waals surface area contributed by atoms with E-state index in [0.717, 1.165) is 44.6 Å². The summed E-state index contributed by atoms with van der Waals surface area (Å²) in [6, 6.07) is 0. The highest BCUT2D eigenvalue weighted by molar-refractivity contribution is 5.81. The average molecular weight is 357 g/mol. The van der Waals surface area contributed by atoms with Crippen molar-refractivity contribution in [2.75, 3.05) is 0 Å². The predicted molar refractivity (Wildman–Crippen MR) is 99.2 cm³/mol. The van der Waals surface area contributed by atoms with E-state index in [1.54, 1.807) is 0 Å². The molecule has 0 radical (unpaired) electrons. The molecule has 5 heteroatoms. The number of esters is 1. The molecule has 2 N–H and O–H groups in total. The van der Waals surface area contributed by atoms with Crippen molar-refractivity contribution in [1.82, 2.24) is 0 Å². The normalized spacial score (nSPS) is 12.8. The van der Waals surface area contributed by atoms with Gasteiger partial charge in [-0.3, -0.25) is 4.79 Å². The zero-order valence-corrected chi connectivity index (χ0v) is 16.0. The van der Waals surface area contributed by atoms with Crippen molar-refractivity contribution in [3.05, 3.63) is 11.8 Å². The van der Waals surface area contributed by atoms with E-state index in [-0.39, 0.29) is 12.2 Å². The molecule has 0 rings (SSSR count). The number of allylic oxidation sites excluding steroid dienone is 1. The Morgan fingerprint density at radius 3 is 2.08 bits per heavy atom. The van der Waals surface area contributed by atoms with Crippen molar-refractivity contribution in [3.8, 4) is 0 Å². The van der Waals surface area contributed by atoms with Crippen LogP contribution in [0, 0.1) is 0 Å². The van der Waals surface area contributed by atoms with Gasteiger partial charge in [-0.25, -0.2) is 4.79 Å². The fourth-order valence-corrected chi connectivity index (χ4v) is 2.66. The lowest BCUT2D eigenvalue weighted by Gasteiger charge is -2.12. The molecule has 25 heavy (non-hydrogen) atoms. The number of hydrogen-bond donors (Lipinski definition) is 2. The molecule has 0 amide bonds. The summed E-state index contributed by atoms with van der Waals surface area (Å²) in [5.41, 5.74) is 0. The van der Waals surface area contributed by atoms with Crippen LogP contribution in [0.5, 0.6) is 0 Å². The van der Waals surface area contributed by atoms with Crippen LogP contribution in [0.1, 0.15) is 97.3 Å². The number of rotatable bonds is 16. The van der Waals surface area contributed by atoms with Crippen LogP contribution >= 0.6 is 0 Å². The van der Waals surface area contributed by atoms with Crippen LogP contribution in [0.15, 0.2) is 11.8 Å². The fraction of sp³-hybridized carbons (Fsp3) is 0.800. The molecule has 1 unspecified atom stereocenters. The minimum Gasteiger partial charge on any atom is -0.478 e. The van der Waals surface area contributed by atoms with Crippen LogP contribution in [0.25, 0.3) is 0 Å². The van der Waals surface area contributed by atoms with Crippen LogP contribution in [0.2, 0.25) is 0 Å². The zero-order chi connectivity index (χ0) is 18.9. The van der Waals surface area contributed by atoms with Crippen molar-refractivity contribution in [2.24, 2.45) is 0 Å². The molecule has 0 aromatic heterocycles. The first-order valence-corrected chi connectivity index (χ1v) is 9.81. The quantitative estimate of drug-likeness (QED) is 0.176. The van der Waals surface area contributed by atoms with Crippen LogP contribution < -0.4 is 0 Å². The van der Waals surface area contributed by atoms with Gasteiger partial charge in [0.1, 0.15) is 5.76 Å². The Hall–Kier alpha value is -1.36. The highest BCUT2D eigenvalue weighted by Crippen LogP contribution is 2.15. The summed E-state index contributed by atoms with van der Waals surface area (Å²) in [6.07, 6.45) is 11.9. The Kier molecular flexibility index (Phi) is 15.2. The van der Waals surface area contributed by atoms with Gasteiger partial charge in [0, 0.05) is 6.42 Å². The lowest BCUT2D eigenvalue weighted by Crippen LogP contribution is -2.16. The summed E-state index contributed by atoms with van der Waals surface area (Å²) in [6.45, 7) is 4.26. The maximum absolute atomic E-state index is 11.9. The van der Waals surface area contributed by atoms with Gasteiger partial charge in [0.2, 0.25) is 0 Å². The second-order valence-corrected chi connectivity index (χ2v) is 6.65. The lowest BCUT2D eigenvalue weighted by molar-refractivity contribution is -0.142. The number of carboxylic acids is 1. The van der Waals surface area contributed by atoms with Crippen LogP contribution in [-0.4, -0.2) is 28.3 Å². The van der Waals surface area contributed by atoms with Crippen molar-refractivity contribution < 1.29 is 24.5 Å². The van der Waals surface area contributed by atoms with E-state index in [1.807, 2.05) is 0 Å². The number of carbonyl (C=O) groups excluding carboxylic acids is 1. The molecule has 0 aromatic rings. The molecule has 0 saturated heterocycles. The first kappa shape index (κ1) is 23.6. The largest absolute Gasteiger partial charge is 0.478 e. The van der Waals surface area contributed by atoms with E-state index >= 15 is 0 Å². The molecule has 0 aliphatic carbocycles. The van der Waals surface area contributed by atoms with E-state index in [4.69, 9.17) is 9.84 Å². The maximum Gasteiger partial charge on any atom is 0.331 e. The monoisotopic (exact) mass is 356 g/mol. The highest BCUT2D eigenvalue weighted by atomic mass is 16.5. The molecule has 0 spiro atoms. The molecule has 0 saturated carbocycles. The van der Waals surface area contributed by atoms with Gasteiger partial charge >= 0.3 is 11.9 Å². The Balaban J connectivity index is 4.13. The second-order valence-electron chi connectivity index (χ2n) is 6.65. The molecule has 0 aromatic carbocycles. The van der Waals surface area contributed by atoms with Crippen molar-refractivity contribution in [2.45, 2.75) is 103 Å². The Morgan fingerprint density at radius 1 is 0.920 bits per heavy atom. The summed E-state index contributed by atoms with van der Waals surface area (Å²) in [5.74, 6) is -1.49. The topological polar surface area (TPSA) is 83.8 Å². The molecule has 0 bridgehead atoms. The third-order valence-corrected chi connectivity index (χ3v) is 4.10. The molecule has 146 valence electrons. The van der Waals surface area contributed by atoms with Gasteiger partial charge in [0.15, 0.2) is 0 Å². The van der Waals surface area contributed by atoms with E-state index < -0.39 is 18.0 Å². The number of carboxylic acid groups (broad SMARTS) is 1. The second kappa shape index (κ2) is 16.1. The minimum absolute atomic E-state index is 0.0856. The number of aliphatic hydroxyl groups is 1. The Morgan fingerprint density at radius 2 is 1.48 bits per heavy atom. The SMILES string of the molecule is CCCCCCCCCC(=CC(=O)O)OC(=O)CC(O)CCCCC. The molecule has 0 heterocycles. The number of ether oxygens (including phenoxy) is 1. The van der Waals surface area contributed by atoms with Crippen molar-refractivity contribution in [1.29, 1.82) is 0 Å². The van der Waals surface area contributed by atoms with Crippen molar-refractivity contribution >= 4 is 11.9 Å². The van der Waals surface area contributed by atoms with Gasteiger partial charge in [-0.15, -0.1) is 0 Å². The summed E-state index contributed by atoms with van der Waals surface area (Å²) in [5, 5.41) is 18.7. The van der Waals surface area contributed by atoms with Gasteiger partial charge in [-0.2, -0.15) is 0 Å². The van der Waals surface area contributed by atoms with Gasteiger partial charge in [-0.05, 0) is 12.8 Å². The van der Waals surface area contributed by atoms with Crippen LogP contribution in [-0.2, 0) is 14.3 Å². The molecule has 0 aliphatic heterocycles. The smallest absolute Gasteiger partial charge is 0.331 e. The fourth-order valence-electron chi connectivity index (χ4n) is 2.66. The summed E-state index contributed by atoms with van der Waals surface area (Å²) < 4.78 is 5.16. The van der Waals surface area contributed by atoms with E-state index in [2.05, 4.69) is 13.8 Å². The van der Waals surface area contributed by atoms with E-state index in [1.165, 1.54) is 25.7 Å². The van der Waals surface area contributed by atoms with E-state index in [0.29, 0.717) is 12.8 Å². The van der Waals surface area contributed by atoms with Crippen LogP contribution in [0.3, 0.4) is 0 Å². The summed E-state index contributed by atoms with van der Waals surface area (Å²) in [4.78, 5) is 22.7. The average Bonchev–Trinajstić information content (AvgIpc) is 2.53. The van der Waals surface area contributed by atoms with Gasteiger partial charge < -0.3 is 14.9 Å². The maximum atomic E-state index is 11.9. The highest BCUT2D eigenvalue weighted by Gasteiger charge is 2.14. The number of aliphatic hydroxyl groups excluding tert-OH is 1. The van der Waals surface area contributed by atoms with Gasteiger partial charge in [0.05, 0.1) is 18.6 Å². The predicted octanol–water partition coefficient (Wildman–Crippen LogP) is 4.97. The summed E-state index contributed by atoms with van der Waals surface area (Å²) in [7, 11) is 0. The molecule has 1 atom stereocenters. The minimum atomic E-state index is -1.12. The zero-order valence-electron chi connectivity index (χ0n) is 16.0.